The topological polar surface area (TPSA) is 78.4 Å². The van der Waals surface area contributed by atoms with Crippen molar-refractivity contribution in [2.24, 2.45) is 17.3 Å². The largest absolute Gasteiger partial charge is 0.456 e. The zero-order chi connectivity index (χ0) is 31.5. The number of amides is 2. The van der Waals surface area contributed by atoms with Gasteiger partial charge in [-0.15, -0.1) is 0 Å². The van der Waals surface area contributed by atoms with Gasteiger partial charge in [0.05, 0.1) is 0 Å². The van der Waals surface area contributed by atoms with Gasteiger partial charge >= 0.3 is 18.1 Å². The van der Waals surface area contributed by atoms with Crippen LogP contribution in [0.2, 0.25) is 0 Å². The summed E-state index contributed by atoms with van der Waals surface area (Å²) in [4.78, 5) is 24.6. The molecule has 5 atom stereocenters. The summed E-state index contributed by atoms with van der Waals surface area (Å²) in [6.45, 7) is 1.63. The van der Waals surface area contributed by atoms with Crippen LogP contribution in [0.5, 0.6) is 0 Å². The molecular formula is C34H35F5N2O3. The van der Waals surface area contributed by atoms with Crippen LogP contribution in [0.25, 0.3) is 0 Å². The van der Waals surface area contributed by atoms with Crippen molar-refractivity contribution >= 4 is 17.5 Å². The first-order valence-electron chi connectivity index (χ1n) is 15.1. The van der Waals surface area contributed by atoms with Gasteiger partial charge < -0.3 is 15.7 Å². The van der Waals surface area contributed by atoms with E-state index in [1.807, 2.05) is 30.3 Å². The molecule has 0 aromatic heterocycles. The zero-order valence-electron chi connectivity index (χ0n) is 24.3. The second kappa shape index (κ2) is 10.8. The molecule has 6 rings (SSSR count). The summed E-state index contributed by atoms with van der Waals surface area (Å²) in [5.41, 5.74) is 0.192. The lowest BCUT2D eigenvalue weighted by Gasteiger charge is -2.56. The van der Waals surface area contributed by atoms with Crippen molar-refractivity contribution in [3.05, 3.63) is 88.5 Å². The molecule has 4 aliphatic carbocycles. The van der Waals surface area contributed by atoms with Gasteiger partial charge in [0.2, 0.25) is 0 Å². The van der Waals surface area contributed by atoms with Crippen molar-refractivity contribution in [1.82, 2.24) is 5.32 Å². The molecule has 2 fully saturated rings. The molecule has 0 unspecified atom stereocenters. The van der Waals surface area contributed by atoms with Gasteiger partial charge in [0.25, 0.3) is 0 Å². The molecular weight excluding hydrogens is 579 g/mol. The quantitative estimate of drug-likeness (QED) is 0.301. The first kappa shape index (κ1) is 30.5. The maximum absolute atomic E-state index is 15.2. The van der Waals surface area contributed by atoms with Gasteiger partial charge in [-0.2, -0.15) is 22.0 Å². The molecule has 0 spiro atoms. The van der Waals surface area contributed by atoms with Gasteiger partial charge in [0, 0.05) is 30.0 Å². The van der Waals surface area contributed by atoms with Crippen LogP contribution in [0, 0.1) is 17.3 Å². The maximum atomic E-state index is 15.2. The van der Waals surface area contributed by atoms with Crippen molar-refractivity contribution in [3.8, 4) is 0 Å². The summed E-state index contributed by atoms with van der Waals surface area (Å²) in [6.07, 6.45) is -2.95. The van der Waals surface area contributed by atoms with Crippen LogP contribution < -0.4 is 10.6 Å². The lowest BCUT2D eigenvalue weighted by Crippen LogP contribution is -2.65. The van der Waals surface area contributed by atoms with Crippen LogP contribution in [0.3, 0.4) is 0 Å². The number of benzene rings is 2. The standard InChI is InChI=1S/C34H35F5N2O3/c1-31-18-27(21-9-7-20(8-10-21)19-40-30(43)41-23-5-3-2-4-6-23)29-25-14-12-24(42)17-22(25)11-13-26(29)28(31)15-16-32(31,44)33(35,36)34(37,38)39/h2-10,17,26-28,44H,11-16,18-19H2,1H3,(H2,40,41,43)/t26-,27+,28-,31-,32-/m0/s1. The van der Waals surface area contributed by atoms with E-state index in [1.165, 1.54) is 6.92 Å². The van der Waals surface area contributed by atoms with Gasteiger partial charge in [-0.3, -0.25) is 4.79 Å². The molecule has 3 N–H and O–H groups in total. The maximum Gasteiger partial charge on any atom is 0.456 e. The second-order valence-electron chi connectivity index (χ2n) is 12.9. The zero-order valence-corrected chi connectivity index (χ0v) is 24.3. The van der Waals surface area contributed by atoms with Crippen molar-refractivity contribution < 1.29 is 36.6 Å². The minimum absolute atomic E-state index is 0.0354. The fourth-order valence-corrected chi connectivity index (χ4v) is 8.46. The van der Waals surface area contributed by atoms with Crippen molar-refractivity contribution in [1.29, 1.82) is 0 Å². The molecule has 4 aliphatic rings. The summed E-state index contributed by atoms with van der Waals surface area (Å²) >= 11 is 0. The van der Waals surface area contributed by atoms with Crippen LogP contribution in [0.4, 0.5) is 32.4 Å². The van der Waals surface area contributed by atoms with Crippen LogP contribution >= 0.6 is 0 Å². The van der Waals surface area contributed by atoms with E-state index < -0.39 is 41.4 Å². The van der Waals surface area contributed by atoms with E-state index in [0.29, 0.717) is 31.4 Å². The Balaban J connectivity index is 1.33. The monoisotopic (exact) mass is 614 g/mol. The molecule has 2 aromatic carbocycles. The first-order valence-corrected chi connectivity index (χ1v) is 15.1. The number of fused-ring (bicyclic) bond motifs is 4. The predicted molar refractivity (Wildman–Crippen MR) is 155 cm³/mol. The Morgan fingerprint density at radius 3 is 2.36 bits per heavy atom. The number of urea groups is 1. The van der Waals surface area contributed by atoms with E-state index in [2.05, 4.69) is 10.6 Å². The highest BCUT2D eigenvalue weighted by Crippen LogP contribution is 2.70. The second-order valence-corrected chi connectivity index (χ2v) is 12.9. The average molecular weight is 615 g/mol. The molecule has 5 nitrogen and oxygen atoms in total. The third-order valence-corrected chi connectivity index (χ3v) is 10.6. The molecule has 2 saturated carbocycles. The van der Waals surface area contributed by atoms with Crippen LogP contribution in [0.15, 0.2) is 77.4 Å². The Morgan fingerprint density at radius 1 is 0.977 bits per heavy atom. The molecule has 2 amide bonds. The third kappa shape index (κ3) is 4.86. The molecule has 0 radical (unpaired) electrons. The number of nitrogens with one attached hydrogen (secondary N) is 2. The van der Waals surface area contributed by atoms with Gasteiger partial charge in [-0.25, -0.2) is 4.79 Å². The Hall–Kier alpha value is -3.53. The number of halogens is 5. The number of hydrogen-bond donors (Lipinski definition) is 3. The Morgan fingerprint density at radius 2 is 1.68 bits per heavy atom. The van der Waals surface area contributed by atoms with E-state index in [1.54, 1.807) is 30.3 Å². The minimum Gasteiger partial charge on any atom is -0.383 e. The number of alkyl halides is 5. The number of ketones is 1. The average Bonchev–Trinajstić information content (AvgIpc) is 3.27. The number of rotatable bonds is 5. The summed E-state index contributed by atoms with van der Waals surface area (Å²) in [6, 6.07) is 15.8. The van der Waals surface area contributed by atoms with Crippen LogP contribution in [-0.2, 0) is 11.3 Å². The summed E-state index contributed by atoms with van der Waals surface area (Å²) < 4.78 is 71.7. The highest BCUT2D eigenvalue weighted by molar-refractivity contribution is 5.93. The molecule has 0 bridgehead atoms. The number of para-hydroxylation sites is 1. The minimum atomic E-state index is -5.89. The number of hydrogen-bond acceptors (Lipinski definition) is 3. The Kier molecular flexibility index (Phi) is 7.50. The van der Waals surface area contributed by atoms with E-state index in [9.17, 15) is 27.9 Å². The van der Waals surface area contributed by atoms with Crippen molar-refractivity contribution in [3.63, 3.8) is 0 Å². The third-order valence-electron chi connectivity index (χ3n) is 10.6. The molecule has 2 aromatic rings. The van der Waals surface area contributed by atoms with E-state index in [-0.39, 0.29) is 37.1 Å². The highest BCUT2D eigenvalue weighted by Gasteiger charge is 2.79. The van der Waals surface area contributed by atoms with E-state index >= 15 is 8.78 Å². The fourth-order valence-electron chi connectivity index (χ4n) is 8.46. The van der Waals surface area contributed by atoms with Crippen LogP contribution in [0.1, 0.15) is 68.9 Å². The molecule has 234 valence electrons. The SMILES string of the molecule is C[C@]12C[C@H](c3ccc(CNC(=O)Nc4ccccc4)cc3)C3=C4CCC(=O)C=C4CC[C@H]3[C@@H]1CC[C@@]2(O)C(F)(F)C(F)(F)F. The predicted octanol–water partition coefficient (Wildman–Crippen LogP) is 7.84. The Labute approximate surface area is 252 Å². The van der Waals surface area contributed by atoms with Crippen molar-refractivity contribution in [2.45, 2.75) is 82.0 Å². The highest BCUT2D eigenvalue weighted by atomic mass is 19.4. The smallest absolute Gasteiger partial charge is 0.383 e. The van der Waals surface area contributed by atoms with Crippen molar-refractivity contribution in [2.75, 3.05) is 5.32 Å². The number of carbonyl (C=O) groups is 2. The van der Waals surface area contributed by atoms with E-state index in [4.69, 9.17) is 0 Å². The van der Waals surface area contributed by atoms with Crippen LogP contribution in [-0.4, -0.2) is 34.6 Å². The van der Waals surface area contributed by atoms with Gasteiger partial charge in [-0.1, -0.05) is 55.0 Å². The number of allylic oxidation sites excluding steroid dienone is 4. The fraction of sp³-hybridized carbons (Fsp3) is 0.471. The van der Waals surface area contributed by atoms with Gasteiger partial charge in [0.1, 0.15) is 5.60 Å². The first-order chi connectivity index (χ1) is 20.7. The number of aliphatic hydroxyl groups is 1. The lowest BCUT2D eigenvalue weighted by atomic mass is 9.50. The molecule has 10 heteroatoms. The summed E-state index contributed by atoms with van der Waals surface area (Å²) in [7, 11) is 0. The van der Waals surface area contributed by atoms with Gasteiger partial charge in [-0.05, 0) is 90.8 Å². The molecule has 0 heterocycles. The summed E-state index contributed by atoms with van der Waals surface area (Å²) in [5, 5.41) is 16.9. The number of carbonyl (C=O) groups excluding carboxylic acids is 2. The normalized spacial score (nSPS) is 30.2. The number of anilines is 1. The van der Waals surface area contributed by atoms with Gasteiger partial charge in [0.15, 0.2) is 5.78 Å². The molecule has 44 heavy (non-hydrogen) atoms. The lowest BCUT2D eigenvalue weighted by molar-refractivity contribution is -0.362. The Bertz CT molecular complexity index is 1520. The molecule has 0 saturated heterocycles. The molecule has 0 aliphatic heterocycles. The summed E-state index contributed by atoms with van der Waals surface area (Å²) in [5.74, 6) is -6.57. The van der Waals surface area contributed by atoms with E-state index in [0.717, 1.165) is 27.8 Å².